The number of hydrogen-bond acceptors (Lipinski definition) is 2. The Balaban J connectivity index is 3.67. The van der Waals surface area contributed by atoms with Gasteiger partial charge in [-0.1, -0.05) is 13.8 Å². The molecule has 3 N–H and O–H groups in total. The van der Waals surface area contributed by atoms with Crippen molar-refractivity contribution in [3.8, 4) is 0 Å². The molecule has 4 nitrogen and oxygen atoms in total. The minimum absolute atomic E-state index is 0.0404. The van der Waals surface area contributed by atoms with E-state index in [2.05, 4.69) is 10.6 Å². The summed E-state index contributed by atoms with van der Waals surface area (Å²) in [4.78, 5) is 10.8. The van der Waals surface area contributed by atoms with Crippen molar-refractivity contribution in [1.29, 1.82) is 0 Å². The van der Waals surface area contributed by atoms with E-state index >= 15 is 0 Å². The summed E-state index contributed by atoms with van der Waals surface area (Å²) >= 11 is 0. The largest absolute Gasteiger partial charge is 0.396 e. The third-order valence-corrected chi connectivity index (χ3v) is 1.74. The Hall–Kier alpha value is -0.770. The van der Waals surface area contributed by atoms with Crippen LogP contribution in [0, 0.1) is 5.41 Å². The Bertz CT molecular complexity index is 146. The molecule has 12 heavy (non-hydrogen) atoms. The summed E-state index contributed by atoms with van der Waals surface area (Å²) in [5, 5.41) is 13.9. The third kappa shape index (κ3) is 4.96. The number of amides is 2. The molecule has 0 spiro atoms. The second kappa shape index (κ2) is 4.98. The Morgan fingerprint density at radius 2 is 2.08 bits per heavy atom. The molecule has 0 aromatic heterocycles. The van der Waals surface area contributed by atoms with Crippen molar-refractivity contribution in [1.82, 2.24) is 10.6 Å². The molecule has 2 amide bonds. The quantitative estimate of drug-likeness (QED) is 0.575. The van der Waals surface area contributed by atoms with Gasteiger partial charge in [-0.25, -0.2) is 4.79 Å². The van der Waals surface area contributed by atoms with Gasteiger partial charge in [0.15, 0.2) is 0 Å². The zero-order valence-electron chi connectivity index (χ0n) is 7.98. The van der Waals surface area contributed by atoms with Crippen molar-refractivity contribution in [2.24, 2.45) is 5.41 Å². The average molecular weight is 174 g/mol. The topological polar surface area (TPSA) is 61.4 Å². The molecule has 0 aromatic rings. The molecule has 0 aliphatic carbocycles. The van der Waals surface area contributed by atoms with E-state index in [0.717, 1.165) is 0 Å². The van der Waals surface area contributed by atoms with Crippen LogP contribution in [0.25, 0.3) is 0 Å². The molecule has 0 aliphatic rings. The van der Waals surface area contributed by atoms with Gasteiger partial charge in [0.1, 0.15) is 0 Å². The first-order valence-electron chi connectivity index (χ1n) is 4.08. The fraction of sp³-hybridized carbons (Fsp3) is 0.875. The molecular formula is C8H18N2O2. The van der Waals surface area contributed by atoms with Crippen molar-refractivity contribution in [3.63, 3.8) is 0 Å². The molecule has 0 rings (SSSR count). The molecule has 0 heterocycles. The molecule has 0 radical (unpaired) electrons. The van der Waals surface area contributed by atoms with E-state index in [4.69, 9.17) is 5.11 Å². The van der Waals surface area contributed by atoms with Crippen LogP contribution < -0.4 is 10.6 Å². The fourth-order valence-electron chi connectivity index (χ4n) is 0.799. The van der Waals surface area contributed by atoms with Gasteiger partial charge in [0, 0.05) is 20.2 Å². The summed E-state index contributed by atoms with van der Waals surface area (Å²) in [6.45, 7) is 4.73. The summed E-state index contributed by atoms with van der Waals surface area (Å²) < 4.78 is 0. The molecule has 0 fully saturated rings. The lowest BCUT2D eigenvalue weighted by Crippen LogP contribution is -2.39. The molecular weight excluding hydrogens is 156 g/mol. The lowest BCUT2D eigenvalue weighted by Gasteiger charge is -2.23. The molecule has 72 valence electrons. The smallest absolute Gasteiger partial charge is 0.314 e. The number of aliphatic hydroxyl groups is 1. The number of urea groups is 1. The first kappa shape index (κ1) is 11.2. The normalized spacial score (nSPS) is 11.0. The van der Waals surface area contributed by atoms with Crippen LogP contribution in [-0.2, 0) is 0 Å². The molecule has 0 atom stereocenters. The molecule has 0 aliphatic heterocycles. The van der Waals surface area contributed by atoms with E-state index in [0.29, 0.717) is 13.0 Å². The summed E-state index contributed by atoms with van der Waals surface area (Å²) in [5.74, 6) is 0. The van der Waals surface area contributed by atoms with Gasteiger partial charge in [-0.2, -0.15) is 0 Å². The minimum atomic E-state index is -0.180. The van der Waals surface area contributed by atoms with Crippen molar-refractivity contribution >= 4 is 6.03 Å². The van der Waals surface area contributed by atoms with Crippen molar-refractivity contribution in [2.75, 3.05) is 20.2 Å². The number of carbonyl (C=O) groups excluding carboxylic acids is 1. The predicted molar refractivity (Wildman–Crippen MR) is 47.9 cm³/mol. The number of rotatable bonds is 4. The van der Waals surface area contributed by atoms with Crippen LogP contribution in [0.4, 0.5) is 4.79 Å². The molecule has 0 unspecified atom stereocenters. The number of hydrogen-bond donors (Lipinski definition) is 3. The van der Waals surface area contributed by atoms with E-state index in [-0.39, 0.29) is 18.1 Å². The van der Waals surface area contributed by atoms with Crippen LogP contribution in [0.1, 0.15) is 20.3 Å². The van der Waals surface area contributed by atoms with Crippen LogP contribution >= 0.6 is 0 Å². The van der Waals surface area contributed by atoms with E-state index in [1.807, 2.05) is 13.8 Å². The molecule has 0 bridgehead atoms. The van der Waals surface area contributed by atoms with Gasteiger partial charge in [0.25, 0.3) is 0 Å². The van der Waals surface area contributed by atoms with Crippen molar-refractivity contribution < 1.29 is 9.90 Å². The van der Waals surface area contributed by atoms with Gasteiger partial charge in [-0.05, 0) is 11.8 Å². The monoisotopic (exact) mass is 174 g/mol. The number of aliphatic hydroxyl groups excluding tert-OH is 1. The number of nitrogens with one attached hydrogen (secondary N) is 2. The van der Waals surface area contributed by atoms with E-state index < -0.39 is 0 Å². The highest BCUT2D eigenvalue weighted by Gasteiger charge is 2.17. The Morgan fingerprint density at radius 3 is 2.50 bits per heavy atom. The molecule has 4 heteroatoms. The lowest BCUT2D eigenvalue weighted by atomic mass is 9.90. The van der Waals surface area contributed by atoms with Crippen LogP contribution in [0.5, 0.6) is 0 Å². The first-order valence-corrected chi connectivity index (χ1v) is 4.08. The van der Waals surface area contributed by atoms with E-state index in [9.17, 15) is 4.79 Å². The highest BCUT2D eigenvalue weighted by Crippen LogP contribution is 2.17. The Morgan fingerprint density at radius 1 is 1.50 bits per heavy atom. The SMILES string of the molecule is CNC(=O)NCC(C)(C)CCO. The second-order valence-corrected chi connectivity index (χ2v) is 3.57. The summed E-state index contributed by atoms with van der Waals surface area (Å²) in [6, 6.07) is -0.180. The van der Waals surface area contributed by atoms with Crippen molar-refractivity contribution in [2.45, 2.75) is 20.3 Å². The van der Waals surface area contributed by atoms with Gasteiger partial charge >= 0.3 is 6.03 Å². The van der Waals surface area contributed by atoms with Gasteiger partial charge in [0.05, 0.1) is 0 Å². The van der Waals surface area contributed by atoms with E-state index in [1.165, 1.54) is 0 Å². The maximum Gasteiger partial charge on any atom is 0.314 e. The van der Waals surface area contributed by atoms with Gasteiger partial charge in [0.2, 0.25) is 0 Å². The summed E-state index contributed by atoms with van der Waals surface area (Å²) in [7, 11) is 1.58. The lowest BCUT2D eigenvalue weighted by molar-refractivity contribution is 0.202. The summed E-state index contributed by atoms with van der Waals surface area (Å²) in [6.07, 6.45) is 0.691. The zero-order chi connectivity index (χ0) is 9.61. The molecule has 0 saturated heterocycles. The first-order chi connectivity index (χ1) is 5.52. The third-order valence-electron chi connectivity index (χ3n) is 1.74. The second-order valence-electron chi connectivity index (χ2n) is 3.57. The minimum Gasteiger partial charge on any atom is -0.396 e. The zero-order valence-corrected chi connectivity index (χ0v) is 7.98. The van der Waals surface area contributed by atoms with Crippen LogP contribution in [0.3, 0.4) is 0 Å². The standard InChI is InChI=1S/C8H18N2O2/c1-8(2,4-5-11)6-10-7(12)9-3/h11H,4-6H2,1-3H3,(H2,9,10,12). The Labute approximate surface area is 73.3 Å². The van der Waals surface area contributed by atoms with Crippen molar-refractivity contribution in [3.05, 3.63) is 0 Å². The van der Waals surface area contributed by atoms with Gasteiger partial charge in [-0.3, -0.25) is 0 Å². The van der Waals surface area contributed by atoms with E-state index in [1.54, 1.807) is 7.05 Å². The average Bonchev–Trinajstić information content (AvgIpc) is 2.00. The van der Waals surface area contributed by atoms with Crippen LogP contribution in [-0.4, -0.2) is 31.3 Å². The Kier molecular flexibility index (Phi) is 4.66. The maximum absolute atomic E-state index is 10.8. The highest BCUT2D eigenvalue weighted by molar-refractivity contribution is 5.73. The molecule has 0 saturated carbocycles. The van der Waals surface area contributed by atoms with Gasteiger partial charge < -0.3 is 15.7 Å². The molecule has 0 aromatic carbocycles. The van der Waals surface area contributed by atoms with Crippen LogP contribution in [0.15, 0.2) is 0 Å². The highest BCUT2D eigenvalue weighted by atomic mass is 16.3. The van der Waals surface area contributed by atoms with Gasteiger partial charge in [-0.15, -0.1) is 0 Å². The predicted octanol–water partition coefficient (Wildman–Crippen LogP) is 0.324. The van der Waals surface area contributed by atoms with Crippen LogP contribution in [0.2, 0.25) is 0 Å². The maximum atomic E-state index is 10.8. The number of carbonyl (C=O) groups is 1. The fourth-order valence-corrected chi connectivity index (χ4v) is 0.799. The summed E-state index contributed by atoms with van der Waals surface area (Å²) in [5.41, 5.74) is -0.0404.